The molecule has 1 aliphatic rings. The maximum atomic E-state index is 12.8. The maximum absolute atomic E-state index is 12.8. The molecule has 1 atom stereocenters. The number of carbonyl (C=O) groups excluding carboxylic acids is 2. The molecular weight excluding hydrogens is 436 g/mol. The Kier molecular flexibility index (Phi) is 6.91. The highest BCUT2D eigenvalue weighted by Gasteiger charge is 2.30. The van der Waals surface area contributed by atoms with E-state index in [-0.39, 0.29) is 25.4 Å². The lowest BCUT2D eigenvalue weighted by Crippen LogP contribution is -2.45. The zero-order chi connectivity index (χ0) is 24.1. The van der Waals surface area contributed by atoms with Gasteiger partial charge in [-0.25, -0.2) is 9.78 Å². The molecule has 9 heteroatoms. The van der Waals surface area contributed by atoms with Crippen molar-refractivity contribution in [2.24, 2.45) is 0 Å². The molecule has 176 valence electrons. The smallest absolute Gasteiger partial charge is 0.407 e. The Balaban J connectivity index is 1.43. The molecule has 1 aliphatic carbocycles. The van der Waals surface area contributed by atoms with Crippen LogP contribution in [0.15, 0.2) is 60.9 Å². The van der Waals surface area contributed by atoms with Crippen molar-refractivity contribution in [2.75, 3.05) is 11.9 Å². The Labute approximate surface area is 196 Å². The van der Waals surface area contributed by atoms with E-state index in [0.29, 0.717) is 12.5 Å². The van der Waals surface area contributed by atoms with Gasteiger partial charge in [0.1, 0.15) is 12.6 Å². The number of carbonyl (C=O) groups is 3. The molecule has 0 aliphatic heterocycles. The normalized spacial score (nSPS) is 13.0. The third-order valence-electron chi connectivity index (χ3n) is 5.89. The van der Waals surface area contributed by atoms with Crippen molar-refractivity contribution < 1.29 is 24.2 Å². The van der Waals surface area contributed by atoms with Crippen LogP contribution in [0.4, 0.5) is 10.7 Å². The van der Waals surface area contributed by atoms with Crippen LogP contribution < -0.4 is 10.6 Å². The summed E-state index contributed by atoms with van der Waals surface area (Å²) in [5.74, 6) is -1.43. The Morgan fingerprint density at radius 2 is 1.74 bits per heavy atom. The van der Waals surface area contributed by atoms with Crippen LogP contribution in [0, 0.1) is 0 Å². The van der Waals surface area contributed by atoms with Gasteiger partial charge in [-0.3, -0.25) is 14.9 Å². The molecule has 1 aromatic heterocycles. The Morgan fingerprint density at radius 3 is 2.35 bits per heavy atom. The number of anilines is 1. The Bertz CT molecular complexity index is 1160. The van der Waals surface area contributed by atoms with Gasteiger partial charge in [0.25, 0.3) is 0 Å². The van der Waals surface area contributed by atoms with Crippen LogP contribution >= 0.6 is 0 Å². The number of imidazole rings is 1. The molecular formula is C25H26N4O5. The number of alkyl carbamates (subject to hydrolysis) is 1. The SMILES string of the molecule is CCn1ccnc1NC(=O)C(CCC(=O)O)NC(=O)OCC1c2ccccc2-c2ccccc21. The minimum atomic E-state index is -1.09. The van der Waals surface area contributed by atoms with Gasteiger partial charge >= 0.3 is 12.1 Å². The summed E-state index contributed by atoms with van der Waals surface area (Å²) in [5.41, 5.74) is 4.36. The quantitative estimate of drug-likeness (QED) is 0.446. The molecule has 9 nitrogen and oxygen atoms in total. The predicted molar refractivity (Wildman–Crippen MR) is 125 cm³/mol. The van der Waals surface area contributed by atoms with Crippen LogP contribution in [-0.4, -0.2) is 45.3 Å². The van der Waals surface area contributed by atoms with E-state index < -0.39 is 24.0 Å². The summed E-state index contributed by atoms with van der Waals surface area (Å²) >= 11 is 0. The van der Waals surface area contributed by atoms with Gasteiger partial charge in [0.2, 0.25) is 11.9 Å². The van der Waals surface area contributed by atoms with E-state index in [1.807, 2.05) is 55.5 Å². The van der Waals surface area contributed by atoms with E-state index in [2.05, 4.69) is 15.6 Å². The first-order valence-corrected chi connectivity index (χ1v) is 11.1. The second-order valence-corrected chi connectivity index (χ2v) is 7.98. The number of aromatic nitrogens is 2. The Hall–Kier alpha value is -4.14. The molecule has 1 heterocycles. The van der Waals surface area contributed by atoms with Gasteiger partial charge in [0.15, 0.2) is 0 Å². The van der Waals surface area contributed by atoms with Gasteiger partial charge < -0.3 is 19.7 Å². The number of aliphatic carboxylic acids is 1. The molecule has 0 radical (unpaired) electrons. The van der Waals surface area contributed by atoms with E-state index in [9.17, 15) is 14.4 Å². The monoisotopic (exact) mass is 462 g/mol. The number of nitrogens with one attached hydrogen (secondary N) is 2. The lowest BCUT2D eigenvalue weighted by Gasteiger charge is -2.19. The van der Waals surface area contributed by atoms with Crippen LogP contribution in [0.2, 0.25) is 0 Å². The molecule has 2 amide bonds. The molecule has 0 fully saturated rings. The molecule has 0 saturated carbocycles. The van der Waals surface area contributed by atoms with Crippen molar-refractivity contribution >= 4 is 23.9 Å². The van der Waals surface area contributed by atoms with Crippen molar-refractivity contribution in [3.8, 4) is 11.1 Å². The summed E-state index contributed by atoms with van der Waals surface area (Å²) in [7, 11) is 0. The number of nitrogens with zero attached hydrogens (tertiary/aromatic N) is 2. The average molecular weight is 463 g/mol. The number of carboxylic acids is 1. The molecule has 34 heavy (non-hydrogen) atoms. The minimum Gasteiger partial charge on any atom is -0.481 e. The lowest BCUT2D eigenvalue weighted by molar-refractivity contribution is -0.137. The van der Waals surface area contributed by atoms with E-state index in [1.165, 1.54) is 0 Å². The molecule has 0 saturated heterocycles. The molecule has 2 aromatic carbocycles. The van der Waals surface area contributed by atoms with Crippen LogP contribution in [-0.2, 0) is 20.9 Å². The predicted octanol–water partition coefficient (Wildman–Crippen LogP) is 3.61. The van der Waals surface area contributed by atoms with Gasteiger partial charge in [-0.15, -0.1) is 0 Å². The summed E-state index contributed by atoms with van der Waals surface area (Å²) in [5, 5.41) is 14.2. The van der Waals surface area contributed by atoms with Crippen molar-refractivity contribution in [3.63, 3.8) is 0 Å². The number of aryl methyl sites for hydroxylation is 1. The number of hydrogen-bond donors (Lipinski definition) is 3. The van der Waals surface area contributed by atoms with Crippen molar-refractivity contribution in [1.29, 1.82) is 0 Å². The van der Waals surface area contributed by atoms with Gasteiger partial charge in [0, 0.05) is 31.3 Å². The van der Waals surface area contributed by atoms with Crippen molar-refractivity contribution in [3.05, 3.63) is 72.1 Å². The molecule has 1 unspecified atom stereocenters. The van der Waals surface area contributed by atoms with E-state index in [1.54, 1.807) is 17.0 Å². The van der Waals surface area contributed by atoms with Crippen molar-refractivity contribution in [1.82, 2.24) is 14.9 Å². The lowest BCUT2D eigenvalue weighted by atomic mass is 9.98. The molecule has 0 spiro atoms. The number of ether oxygens (including phenoxy) is 1. The van der Waals surface area contributed by atoms with E-state index in [0.717, 1.165) is 22.3 Å². The fraction of sp³-hybridized carbons (Fsp3) is 0.280. The van der Waals surface area contributed by atoms with Gasteiger partial charge in [-0.05, 0) is 35.6 Å². The number of benzene rings is 2. The zero-order valence-corrected chi connectivity index (χ0v) is 18.7. The second-order valence-electron chi connectivity index (χ2n) is 7.98. The fourth-order valence-electron chi connectivity index (χ4n) is 4.20. The first-order chi connectivity index (χ1) is 16.5. The molecule has 3 N–H and O–H groups in total. The first-order valence-electron chi connectivity index (χ1n) is 11.1. The fourth-order valence-corrected chi connectivity index (χ4v) is 4.20. The van der Waals surface area contributed by atoms with E-state index >= 15 is 0 Å². The third-order valence-corrected chi connectivity index (χ3v) is 5.89. The third kappa shape index (κ3) is 4.93. The molecule has 4 rings (SSSR count). The summed E-state index contributed by atoms with van der Waals surface area (Å²) in [6, 6.07) is 14.9. The zero-order valence-electron chi connectivity index (χ0n) is 18.7. The second kappa shape index (κ2) is 10.2. The summed E-state index contributed by atoms with van der Waals surface area (Å²) in [6.07, 6.45) is 2.10. The van der Waals surface area contributed by atoms with Crippen LogP contribution in [0.5, 0.6) is 0 Å². The standard InChI is InChI=1S/C25H26N4O5/c1-2-29-14-13-26-24(29)28-23(32)21(11-12-22(30)31)27-25(33)34-15-20-18-9-5-3-7-16(18)17-8-4-6-10-19(17)20/h3-10,13-14,20-21H,2,11-12,15H2,1H3,(H,27,33)(H,30,31)(H,26,28,32). The average Bonchev–Trinajstić information content (AvgIpc) is 3.42. The first kappa shape index (κ1) is 23.0. The van der Waals surface area contributed by atoms with E-state index in [4.69, 9.17) is 9.84 Å². The highest BCUT2D eigenvalue weighted by Crippen LogP contribution is 2.44. The van der Waals surface area contributed by atoms with Crippen LogP contribution in [0.3, 0.4) is 0 Å². The molecule has 3 aromatic rings. The maximum Gasteiger partial charge on any atom is 0.407 e. The number of rotatable bonds is 9. The summed E-state index contributed by atoms with van der Waals surface area (Å²) in [4.78, 5) is 40.6. The number of amides is 2. The highest BCUT2D eigenvalue weighted by molar-refractivity contribution is 5.95. The summed E-state index contributed by atoms with van der Waals surface area (Å²) in [6.45, 7) is 2.58. The van der Waals surface area contributed by atoms with Gasteiger partial charge in [0.05, 0.1) is 0 Å². The Morgan fingerprint density at radius 1 is 1.09 bits per heavy atom. The van der Waals surface area contributed by atoms with Gasteiger partial charge in [-0.2, -0.15) is 0 Å². The number of fused-ring (bicyclic) bond motifs is 3. The summed E-state index contributed by atoms with van der Waals surface area (Å²) < 4.78 is 7.23. The van der Waals surface area contributed by atoms with Crippen LogP contribution in [0.25, 0.3) is 11.1 Å². The van der Waals surface area contributed by atoms with Gasteiger partial charge in [-0.1, -0.05) is 48.5 Å². The minimum absolute atomic E-state index is 0.0851. The number of hydrogen-bond acceptors (Lipinski definition) is 5. The highest BCUT2D eigenvalue weighted by atomic mass is 16.5. The largest absolute Gasteiger partial charge is 0.481 e. The van der Waals surface area contributed by atoms with Crippen molar-refractivity contribution in [2.45, 2.75) is 38.3 Å². The number of carboxylic acid groups (broad SMARTS) is 1. The van der Waals surface area contributed by atoms with Crippen LogP contribution in [0.1, 0.15) is 36.8 Å². The topological polar surface area (TPSA) is 123 Å². The molecule has 0 bridgehead atoms.